The molecule has 0 aromatic heterocycles. The Labute approximate surface area is 220 Å². The van der Waals surface area contributed by atoms with Crippen molar-refractivity contribution < 1.29 is 19.0 Å². The maximum absolute atomic E-state index is 12.7. The highest BCUT2D eigenvalue weighted by atomic mass is 127. The van der Waals surface area contributed by atoms with Gasteiger partial charge in [0.1, 0.15) is 24.0 Å². The normalized spacial score (nSPS) is 10.9. The lowest BCUT2D eigenvalue weighted by molar-refractivity contribution is -0.112. The van der Waals surface area contributed by atoms with Gasteiger partial charge in [-0.3, -0.25) is 4.79 Å². The Kier molecular flexibility index (Phi) is 9.36. The zero-order valence-electron chi connectivity index (χ0n) is 18.6. The minimum atomic E-state index is -0.506. The van der Waals surface area contributed by atoms with E-state index in [1.54, 1.807) is 37.4 Å². The van der Waals surface area contributed by atoms with E-state index < -0.39 is 5.91 Å². The highest BCUT2D eigenvalue weighted by Crippen LogP contribution is 2.34. The van der Waals surface area contributed by atoms with E-state index in [1.807, 2.05) is 43.3 Å². The maximum atomic E-state index is 12.7. The summed E-state index contributed by atoms with van der Waals surface area (Å²) in [6, 6.07) is 20.4. The molecule has 0 saturated carbocycles. The number of hydrogen-bond donors (Lipinski definition) is 1. The summed E-state index contributed by atoms with van der Waals surface area (Å²) in [4.78, 5) is 12.7. The molecule has 0 spiro atoms. The Hall–Kier alpha value is -3.03. The second-order valence-corrected chi connectivity index (χ2v) is 9.11. The largest absolute Gasteiger partial charge is 0.493 e. The molecule has 0 unspecified atom stereocenters. The van der Waals surface area contributed by atoms with Gasteiger partial charge in [0.25, 0.3) is 5.91 Å². The molecular weight excluding hydrogens is 611 g/mol. The Morgan fingerprint density at radius 2 is 1.82 bits per heavy atom. The van der Waals surface area contributed by atoms with E-state index in [0.29, 0.717) is 41.7 Å². The number of nitrogens with zero attached hydrogens (tertiary/aromatic N) is 1. The molecule has 1 amide bonds. The zero-order chi connectivity index (χ0) is 24.5. The van der Waals surface area contributed by atoms with E-state index in [-0.39, 0.29) is 5.57 Å². The Morgan fingerprint density at radius 1 is 1.12 bits per heavy atom. The van der Waals surface area contributed by atoms with Gasteiger partial charge in [0.2, 0.25) is 0 Å². The van der Waals surface area contributed by atoms with Crippen LogP contribution in [-0.2, 0) is 11.4 Å². The lowest BCUT2D eigenvalue weighted by Gasteiger charge is -2.12. The van der Waals surface area contributed by atoms with Crippen molar-refractivity contribution in [1.29, 1.82) is 5.26 Å². The quantitative estimate of drug-likeness (QED) is 0.164. The predicted octanol–water partition coefficient (Wildman–Crippen LogP) is 6.59. The number of methoxy groups -OCH3 is 1. The number of rotatable bonds is 9. The average molecular weight is 633 g/mol. The van der Waals surface area contributed by atoms with E-state index in [2.05, 4.69) is 43.8 Å². The summed E-state index contributed by atoms with van der Waals surface area (Å²) in [5, 5.41) is 12.3. The van der Waals surface area contributed by atoms with Crippen LogP contribution in [0.5, 0.6) is 17.2 Å². The van der Waals surface area contributed by atoms with Crippen LogP contribution in [0.25, 0.3) is 6.08 Å². The van der Waals surface area contributed by atoms with Crippen LogP contribution >= 0.6 is 38.5 Å². The molecule has 1 N–H and O–H groups in total. The van der Waals surface area contributed by atoms with Gasteiger partial charge in [-0.1, -0.05) is 28.1 Å². The van der Waals surface area contributed by atoms with Crippen molar-refractivity contribution in [2.24, 2.45) is 0 Å². The third-order valence-corrected chi connectivity index (χ3v) is 5.98. The van der Waals surface area contributed by atoms with E-state index in [1.165, 1.54) is 6.08 Å². The van der Waals surface area contributed by atoms with Gasteiger partial charge in [-0.15, -0.1) is 0 Å². The number of hydrogen-bond acceptors (Lipinski definition) is 5. The van der Waals surface area contributed by atoms with Crippen LogP contribution in [0.3, 0.4) is 0 Å². The van der Waals surface area contributed by atoms with Gasteiger partial charge in [-0.25, -0.2) is 0 Å². The van der Waals surface area contributed by atoms with Crippen molar-refractivity contribution in [3.8, 4) is 23.3 Å². The van der Waals surface area contributed by atoms with Crippen molar-refractivity contribution in [3.05, 3.63) is 85.4 Å². The first-order chi connectivity index (χ1) is 16.4. The van der Waals surface area contributed by atoms with E-state index in [4.69, 9.17) is 14.2 Å². The van der Waals surface area contributed by atoms with E-state index >= 15 is 0 Å². The fourth-order valence-electron chi connectivity index (χ4n) is 3.00. The molecule has 0 heterocycles. The van der Waals surface area contributed by atoms with Gasteiger partial charge in [-0.05, 0) is 95.2 Å². The van der Waals surface area contributed by atoms with Crippen molar-refractivity contribution >= 4 is 56.2 Å². The van der Waals surface area contributed by atoms with Crippen LogP contribution in [0.4, 0.5) is 5.69 Å². The Bertz CT molecular complexity index is 1220. The monoisotopic (exact) mass is 632 g/mol. The highest BCUT2D eigenvalue weighted by Gasteiger charge is 2.14. The molecule has 174 valence electrons. The molecular formula is C26H22BrIN2O4. The first-order valence-corrected chi connectivity index (χ1v) is 12.2. The van der Waals surface area contributed by atoms with Crippen LogP contribution in [0.15, 0.2) is 70.7 Å². The molecule has 6 nitrogen and oxygen atoms in total. The molecule has 8 heteroatoms. The molecule has 0 aliphatic rings. The van der Waals surface area contributed by atoms with Gasteiger partial charge in [-0.2, -0.15) is 5.26 Å². The number of benzene rings is 3. The molecule has 3 aromatic carbocycles. The zero-order valence-corrected chi connectivity index (χ0v) is 22.3. The van der Waals surface area contributed by atoms with Crippen LogP contribution < -0.4 is 19.5 Å². The molecule has 34 heavy (non-hydrogen) atoms. The second-order valence-electron chi connectivity index (χ2n) is 7.03. The van der Waals surface area contributed by atoms with E-state index in [0.717, 1.165) is 13.6 Å². The lowest BCUT2D eigenvalue weighted by atomic mass is 10.1. The lowest BCUT2D eigenvalue weighted by Crippen LogP contribution is -2.13. The number of halogens is 2. The number of nitriles is 1. The van der Waals surface area contributed by atoms with Gasteiger partial charge < -0.3 is 19.5 Å². The fraction of sp³-hybridized carbons (Fsp3) is 0.154. The summed E-state index contributed by atoms with van der Waals surface area (Å²) in [5.41, 5.74) is 2.23. The average Bonchev–Trinajstić information content (AvgIpc) is 2.84. The summed E-state index contributed by atoms with van der Waals surface area (Å²) in [7, 11) is 1.55. The predicted molar refractivity (Wildman–Crippen MR) is 144 cm³/mol. The smallest absolute Gasteiger partial charge is 0.266 e. The topological polar surface area (TPSA) is 80.6 Å². The molecule has 0 atom stereocenters. The number of anilines is 1. The third kappa shape index (κ3) is 6.98. The summed E-state index contributed by atoms with van der Waals surface area (Å²) in [6.07, 6.45) is 1.52. The molecule has 0 radical (unpaired) electrons. The standard InChI is InChI=1S/C26H22BrIN2O4/c1-3-33-25-23(28)13-18(14-24(25)32-2)12-19(15-29)26(31)30-21-8-10-22(11-9-21)34-16-17-4-6-20(27)7-5-17/h4-14H,3,16H2,1-2H3,(H,30,31)/b19-12+. The molecule has 3 rings (SSSR count). The van der Waals surface area contributed by atoms with Crippen LogP contribution in [0, 0.1) is 14.9 Å². The van der Waals surface area contributed by atoms with Crippen LogP contribution in [0.1, 0.15) is 18.1 Å². The second kappa shape index (κ2) is 12.4. The molecule has 0 aliphatic carbocycles. The molecule has 0 fully saturated rings. The molecule has 3 aromatic rings. The Balaban J connectivity index is 1.67. The SMILES string of the molecule is CCOc1c(I)cc(/C=C(\C#N)C(=O)Nc2ccc(OCc3ccc(Br)cc3)cc2)cc1OC. The van der Waals surface area contributed by atoms with Crippen molar-refractivity contribution in [3.63, 3.8) is 0 Å². The van der Waals surface area contributed by atoms with Gasteiger partial charge in [0.05, 0.1) is 17.3 Å². The van der Waals surface area contributed by atoms with Crippen LogP contribution in [-0.4, -0.2) is 19.6 Å². The summed E-state index contributed by atoms with van der Waals surface area (Å²) in [6.45, 7) is 2.83. The maximum Gasteiger partial charge on any atom is 0.266 e. The highest BCUT2D eigenvalue weighted by molar-refractivity contribution is 14.1. The minimum Gasteiger partial charge on any atom is -0.493 e. The molecule has 0 aliphatic heterocycles. The number of carbonyl (C=O) groups is 1. The first kappa shape index (κ1) is 25.6. The summed E-state index contributed by atoms with van der Waals surface area (Å²) >= 11 is 5.55. The third-order valence-electron chi connectivity index (χ3n) is 4.65. The molecule has 0 saturated heterocycles. The van der Waals surface area contributed by atoms with Crippen molar-refractivity contribution in [1.82, 2.24) is 0 Å². The Morgan fingerprint density at radius 3 is 2.44 bits per heavy atom. The first-order valence-electron chi connectivity index (χ1n) is 10.3. The van der Waals surface area contributed by atoms with Gasteiger partial charge in [0.15, 0.2) is 11.5 Å². The van der Waals surface area contributed by atoms with Crippen molar-refractivity contribution in [2.45, 2.75) is 13.5 Å². The summed E-state index contributed by atoms with van der Waals surface area (Å²) in [5.74, 6) is 1.34. The van der Waals surface area contributed by atoms with Gasteiger partial charge in [0, 0.05) is 10.2 Å². The summed E-state index contributed by atoms with van der Waals surface area (Å²) < 4.78 is 18.6. The number of ether oxygens (including phenoxy) is 3. The minimum absolute atomic E-state index is 0.0300. The molecule has 0 bridgehead atoms. The van der Waals surface area contributed by atoms with E-state index in [9.17, 15) is 10.1 Å². The van der Waals surface area contributed by atoms with Gasteiger partial charge >= 0.3 is 0 Å². The van der Waals surface area contributed by atoms with Crippen LogP contribution in [0.2, 0.25) is 0 Å². The number of nitrogens with one attached hydrogen (secondary N) is 1. The number of carbonyl (C=O) groups excluding carboxylic acids is 1. The van der Waals surface area contributed by atoms with Crippen molar-refractivity contribution in [2.75, 3.05) is 19.0 Å². The fourth-order valence-corrected chi connectivity index (χ4v) is 4.05. The number of amides is 1.